The van der Waals surface area contributed by atoms with Gasteiger partial charge in [0.1, 0.15) is 4.21 Å². The zero-order valence-corrected chi connectivity index (χ0v) is 16.8. The van der Waals surface area contributed by atoms with Crippen LogP contribution in [0.15, 0.2) is 16.3 Å². The van der Waals surface area contributed by atoms with E-state index in [1.165, 1.54) is 15.6 Å². The van der Waals surface area contributed by atoms with Gasteiger partial charge in [0.2, 0.25) is 0 Å². The zero-order valence-electron chi connectivity index (χ0n) is 14.4. The van der Waals surface area contributed by atoms with Crippen LogP contribution in [-0.2, 0) is 14.8 Å². The summed E-state index contributed by atoms with van der Waals surface area (Å²) in [6, 6.07) is 3.17. The minimum Gasteiger partial charge on any atom is -0.338 e. The van der Waals surface area contributed by atoms with Gasteiger partial charge in [-0.05, 0) is 30.9 Å². The number of piperazine rings is 1. The smallest absolute Gasteiger partial charge is 0.277 e. The van der Waals surface area contributed by atoms with Gasteiger partial charge in [0.05, 0.1) is 30.5 Å². The third-order valence-electron chi connectivity index (χ3n) is 4.98. The molecular weight excluding hydrogens is 382 g/mol. The number of hydrogen-bond acceptors (Lipinski definition) is 4. The van der Waals surface area contributed by atoms with Crippen molar-refractivity contribution in [3.05, 3.63) is 16.5 Å². The SMILES string of the molecule is C[C@@H]1CCCN(C(=O)C[NH+]2CCN(S(=O)(=O)c3ccc(Cl)s3)CC2)C1. The number of nitrogens with one attached hydrogen (secondary N) is 1. The van der Waals surface area contributed by atoms with E-state index in [9.17, 15) is 13.2 Å². The highest BCUT2D eigenvalue weighted by atomic mass is 35.5. The van der Waals surface area contributed by atoms with E-state index >= 15 is 0 Å². The number of likely N-dealkylation sites (tertiary alicyclic amines) is 1. The molecule has 1 N–H and O–H groups in total. The van der Waals surface area contributed by atoms with Crippen LogP contribution in [0.5, 0.6) is 0 Å². The number of quaternary nitrogens is 1. The number of carbonyl (C=O) groups is 1. The molecule has 1 atom stereocenters. The predicted octanol–water partition coefficient (Wildman–Crippen LogP) is 0.549. The third kappa shape index (κ3) is 4.54. The van der Waals surface area contributed by atoms with Gasteiger partial charge in [-0.25, -0.2) is 8.42 Å². The fraction of sp³-hybridized carbons (Fsp3) is 0.688. The second kappa shape index (κ2) is 7.92. The minimum absolute atomic E-state index is 0.197. The summed E-state index contributed by atoms with van der Waals surface area (Å²) in [4.78, 5) is 15.6. The number of halogens is 1. The van der Waals surface area contributed by atoms with Crippen molar-refractivity contribution >= 4 is 38.9 Å². The van der Waals surface area contributed by atoms with Gasteiger partial charge >= 0.3 is 0 Å². The Morgan fingerprint density at radius 2 is 2.04 bits per heavy atom. The second-order valence-corrected chi connectivity index (χ2v) is 10.9. The van der Waals surface area contributed by atoms with E-state index in [0.29, 0.717) is 47.2 Å². The highest BCUT2D eigenvalue weighted by Gasteiger charge is 2.33. The molecule has 3 heterocycles. The van der Waals surface area contributed by atoms with Gasteiger partial charge in [-0.2, -0.15) is 4.31 Å². The minimum atomic E-state index is -3.46. The first-order valence-electron chi connectivity index (χ1n) is 8.73. The summed E-state index contributed by atoms with van der Waals surface area (Å²) in [6.45, 7) is 6.56. The Morgan fingerprint density at radius 1 is 1.32 bits per heavy atom. The van der Waals surface area contributed by atoms with E-state index in [1.807, 2.05) is 4.90 Å². The Hall–Kier alpha value is -0.670. The first kappa shape index (κ1) is 19.1. The van der Waals surface area contributed by atoms with Crippen LogP contribution in [-0.4, -0.2) is 69.3 Å². The summed E-state index contributed by atoms with van der Waals surface area (Å²) in [7, 11) is -3.46. The average molecular weight is 407 g/mol. The van der Waals surface area contributed by atoms with Gasteiger partial charge in [-0.1, -0.05) is 18.5 Å². The van der Waals surface area contributed by atoms with E-state index in [1.54, 1.807) is 12.1 Å². The summed E-state index contributed by atoms with van der Waals surface area (Å²) in [5.74, 6) is 0.773. The molecule has 0 aromatic carbocycles. The summed E-state index contributed by atoms with van der Waals surface area (Å²) in [6.07, 6.45) is 2.28. The summed E-state index contributed by atoms with van der Waals surface area (Å²) in [5, 5.41) is 0. The Bertz CT molecular complexity index is 714. The second-order valence-electron chi connectivity index (χ2n) is 6.98. The number of piperidine rings is 1. The van der Waals surface area contributed by atoms with Crippen molar-refractivity contribution in [2.75, 3.05) is 45.8 Å². The molecule has 2 aliphatic rings. The average Bonchev–Trinajstić information content (AvgIpc) is 3.03. The molecule has 2 fully saturated rings. The van der Waals surface area contributed by atoms with Crippen molar-refractivity contribution in [2.45, 2.75) is 24.0 Å². The largest absolute Gasteiger partial charge is 0.338 e. The Kier molecular flexibility index (Phi) is 6.05. The maximum Gasteiger partial charge on any atom is 0.277 e. The van der Waals surface area contributed by atoms with Crippen molar-refractivity contribution < 1.29 is 18.1 Å². The van der Waals surface area contributed by atoms with Gasteiger partial charge in [-0.3, -0.25) is 4.79 Å². The van der Waals surface area contributed by atoms with Gasteiger partial charge in [0.25, 0.3) is 15.9 Å². The lowest BCUT2D eigenvalue weighted by atomic mass is 10.0. The van der Waals surface area contributed by atoms with Crippen LogP contribution in [0.2, 0.25) is 4.34 Å². The van der Waals surface area contributed by atoms with Gasteiger partial charge in [-0.15, -0.1) is 11.3 Å². The molecule has 0 saturated carbocycles. The highest BCUT2D eigenvalue weighted by Crippen LogP contribution is 2.28. The summed E-state index contributed by atoms with van der Waals surface area (Å²) in [5.41, 5.74) is 0. The van der Waals surface area contributed by atoms with E-state index in [0.717, 1.165) is 30.8 Å². The predicted molar refractivity (Wildman–Crippen MR) is 98.6 cm³/mol. The maximum absolute atomic E-state index is 12.6. The molecule has 0 radical (unpaired) electrons. The molecule has 2 aliphatic heterocycles. The number of hydrogen-bond donors (Lipinski definition) is 1. The first-order valence-corrected chi connectivity index (χ1v) is 11.4. The van der Waals surface area contributed by atoms with Crippen LogP contribution in [0.3, 0.4) is 0 Å². The molecule has 9 heteroatoms. The Balaban J connectivity index is 1.52. The van der Waals surface area contributed by atoms with Crippen molar-refractivity contribution in [2.24, 2.45) is 5.92 Å². The van der Waals surface area contributed by atoms with E-state index in [4.69, 9.17) is 11.6 Å². The Morgan fingerprint density at radius 3 is 2.64 bits per heavy atom. The monoisotopic (exact) mass is 406 g/mol. The first-order chi connectivity index (χ1) is 11.9. The van der Waals surface area contributed by atoms with Crippen LogP contribution in [0.1, 0.15) is 19.8 Å². The maximum atomic E-state index is 12.6. The molecule has 1 amide bonds. The van der Waals surface area contributed by atoms with Crippen LogP contribution in [0.4, 0.5) is 0 Å². The van der Waals surface area contributed by atoms with Crippen molar-refractivity contribution in [3.8, 4) is 0 Å². The topological polar surface area (TPSA) is 62.1 Å². The number of nitrogens with zero attached hydrogens (tertiary/aromatic N) is 2. The normalized spacial score (nSPS) is 23.8. The van der Waals surface area contributed by atoms with Crippen LogP contribution < -0.4 is 4.90 Å². The summed E-state index contributed by atoms with van der Waals surface area (Å²) >= 11 is 6.95. The quantitative estimate of drug-likeness (QED) is 0.794. The molecule has 0 bridgehead atoms. The molecule has 6 nitrogen and oxygen atoms in total. The number of carbonyl (C=O) groups excluding carboxylic acids is 1. The molecule has 140 valence electrons. The molecule has 1 aromatic rings. The zero-order chi connectivity index (χ0) is 18.0. The molecule has 1 aromatic heterocycles. The number of amides is 1. The highest BCUT2D eigenvalue weighted by molar-refractivity contribution is 7.91. The molecule has 0 unspecified atom stereocenters. The van der Waals surface area contributed by atoms with Gasteiger partial charge in [0, 0.05) is 13.1 Å². The van der Waals surface area contributed by atoms with Crippen molar-refractivity contribution in [3.63, 3.8) is 0 Å². The molecule has 3 rings (SSSR count). The number of rotatable bonds is 4. The molecule has 25 heavy (non-hydrogen) atoms. The molecular formula is C16H25ClN3O3S2+. The standard InChI is InChI=1S/C16H24ClN3O3S2/c1-13-3-2-6-19(11-13)15(21)12-18-7-9-20(10-8-18)25(22,23)16-5-4-14(17)24-16/h4-5,13H,2-3,6-12H2,1H3/p+1/t13-/m1/s1. The molecule has 2 saturated heterocycles. The lowest BCUT2D eigenvalue weighted by molar-refractivity contribution is -0.896. The van der Waals surface area contributed by atoms with Crippen molar-refractivity contribution in [1.29, 1.82) is 0 Å². The fourth-order valence-electron chi connectivity index (χ4n) is 3.52. The Labute approximate surface area is 158 Å². The molecule has 0 spiro atoms. The van der Waals surface area contributed by atoms with E-state index in [2.05, 4.69) is 6.92 Å². The van der Waals surface area contributed by atoms with Gasteiger partial charge < -0.3 is 9.80 Å². The van der Waals surface area contributed by atoms with E-state index in [-0.39, 0.29) is 5.91 Å². The van der Waals surface area contributed by atoms with Crippen molar-refractivity contribution in [1.82, 2.24) is 9.21 Å². The summed E-state index contributed by atoms with van der Waals surface area (Å²) < 4.78 is 27.5. The van der Waals surface area contributed by atoms with E-state index < -0.39 is 10.0 Å². The fourth-order valence-corrected chi connectivity index (χ4v) is 6.60. The van der Waals surface area contributed by atoms with Crippen LogP contribution >= 0.6 is 22.9 Å². The van der Waals surface area contributed by atoms with Crippen LogP contribution in [0.25, 0.3) is 0 Å². The molecule has 0 aliphatic carbocycles. The van der Waals surface area contributed by atoms with Gasteiger partial charge in [0.15, 0.2) is 6.54 Å². The van der Waals surface area contributed by atoms with Crippen LogP contribution in [0, 0.1) is 5.92 Å². The number of sulfonamides is 1. The number of thiophene rings is 1. The third-order valence-corrected chi connectivity index (χ3v) is 8.58. The lowest BCUT2D eigenvalue weighted by Gasteiger charge is -2.34. The lowest BCUT2D eigenvalue weighted by Crippen LogP contribution is -3.15.